The van der Waals surface area contributed by atoms with Crippen molar-refractivity contribution in [1.82, 2.24) is 0 Å². The minimum atomic E-state index is -4.80. The molecule has 0 saturated heterocycles. The van der Waals surface area contributed by atoms with Crippen LogP contribution >= 0.6 is 7.82 Å². The van der Waals surface area contributed by atoms with Crippen LogP contribution in [-0.2, 0) is 42.2 Å². The SMILES string of the molecule is CC/C=C\C/C=C\C/C=C\C/C=C\C/C=C\CC(=O)OC(CO)COP(=O)(O)OCC(COC(=O)CCCCCCCCCCCCCCCCC)OC(=O)C/C=C\C/C=C\C/C=C\C/C=C\C/C=C\CC. The Morgan fingerprint density at radius 1 is 0.403 bits per heavy atom. The van der Waals surface area contributed by atoms with Crippen molar-refractivity contribution in [2.75, 3.05) is 26.4 Å². The Bertz CT molecular complexity index is 1670. The van der Waals surface area contributed by atoms with Crippen molar-refractivity contribution >= 4 is 25.7 Å². The third-order valence-electron chi connectivity index (χ3n) is 10.9. The van der Waals surface area contributed by atoms with E-state index in [1.165, 1.54) is 70.6 Å². The average molecular weight is 1030 g/mol. The largest absolute Gasteiger partial charge is 0.472 e. The maximum atomic E-state index is 12.9. The lowest BCUT2D eigenvalue weighted by molar-refractivity contribution is -0.160. The highest BCUT2D eigenvalue weighted by molar-refractivity contribution is 7.47. The van der Waals surface area contributed by atoms with Gasteiger partial charge in [0.1, 0.15) is 12.7 Å². The third-order valence-corrected chi connectivity index (χ3v) is 11.9. The van der Waals surface area contributed by atoms with Crippen LogP contribution in [0.15, 0.2) is 122 Å². The highest BCUT2D eigenvalue weighted by atomic mass is 31.2. The summed E-state index contributed by atoms with van der Waals surface area (Å²) < 4.78 is 39.2. The molecule has 0 bridgehead atoms. The van der Waals surface area contributed by atoms with Crippen LogP contribution in [0.1, 0.15) is 201 Å². The molecular formula is C60H97O11P. The van der Waals surface area contributed by atoms with Crippen LogP contribution in [0.4, 0.5) is 0 Å². The molecular weight excluding hydrogens is 928 g/mol. The van der Waals surface area contributed by atoms with Gasteiger partial charge in [-0.1, -0.05) is 232 Å². The molecule has 408 valence electrons. The normalized spacial score (nSPS) is 14.3. The van der Waals surface area contributed by atoms with Gasteiger partial charge >= 0.3 is 25.7 Å². The molecule has 0 aliphatic heterocycles. The van der Waals surface area contributed by atoms with Gasteiger partial charge < -0.3 is 24.2 Å². The van der Waals surface area contributed by atoms with E-state index >= 15 is 0 Å². The lowest BCUT2D eigenvalue weighted by Crippen LogP contribution is -2.30. The number of hydrogen-bond acceptors (Lipinski definition) is 10. The first-order valence-corrected chi connectivity index (χ1v) is 28.9. The number of carbonyl (C=O) groups excluding carboxylic acids is 3. The Hall–Kier alpha value is -4.12. The van der Waals surface area contributed by atoms with E-state index in [4.69, 9.17) is 23.3 Å². The van der Waals surface area contributed by atoms with Crippen LogP contribution in [0.25, 0.3) is 0 Å². The van der Waals surface area contributed by atoms with E-state index < -0.39 is 57.8 Å². The van der Waals surface area contributed by atoms with Gasteiger partial charge in [0.15, 0.2) is 6.10 Å². The first kappa shape index (κ1) is 67.9. The van der Waals surface area contributed by atoms with Gasteiger partial charge in [-0.25, -0.2) is 4.57 Å². The number of hydrogen-bond donors (Lipinski definition) is 2. The summed E-state index contributed by atoms with van der Waals surface area (Å²) in [6.07, 6.45) is 65.1. The number of rotatable bonds is 49. The minimum absolute atomic E-state index is 0.0673. The summed E-state index contributed by atoms with van der Waals surface area (Å²) in [5.74, 6) is -1.76. The fourth-order valence-corrected chi connectivity index (χ4v) is 7.64. The van der Waals surface area contributed by atoms with Crippen molar-refractivity contribution in [2.45, 2.75) is 213 Å². The summed E-state index contributed by atoms with van der Waals surface area (Å²) in [7, 11) is -4.80. The average Bonchev–Trinajstić information content (AvgIpc) is 3.37. The Kier molecular flexibility index (Phi) is 50.1. The number of ether oxygens (including phenoxy) is 3. The van der Waals surface area contributed by atoms with E-state index in [9.17, 15) is 28.9 Å². The number of unbranched alkanes of at least 4 members (excludes halogenated alkanes) is 14. The van der Waals surface area contributed by atoms with Crippen molar-refractivity contribution in [1.29, 1.82) is 0 Å². The van der Waals surface area contributed by atoms with Crippen LogP contribution in [0.5, 0.6) is 0 Å². The molecule has 0 amide bonds. The van der Waals surface area contributed by atoms with Crippen molar-refractivity contribution in [3.63, 3.8) is 0 Å². The lowest BCUT2D eigenvalue weighted by Gasteiger charge is -2.21. The van der Waals surface area contributed by atoms with Gasteiger partial charge in [0.2, 0.25) is 0 Å². The summed E-state index contributed by atoms with van der Waals surface area (Å²) in [4.78, 5) is 48.3. The van der Waals surface area contributed by atoms with E-state index in [0.717, 1.165) is 70.6 Å². The van der Waals surface area contributed by atoms with Gasteiger partial charge in [-0.15, -0.1) is 0 Å². The Balaban J connectivity index is 4.93. The Labute approximate surface area is 437 Å². The molecule has 72 heavy (non-hydrogen) atoms. The van der Waals surface area contributed by atoms with Crippen LogP contribution in [-0.4, -0.2) is 66.5 Å². The topological polar surface area (TPSA) is 155 Å². The summed E-state index contributed by atoms with van der Waals surface area (Å²) in [5, 5.41) is 9.77. The molecule has 2 N–H and O–H groups in total. The molecule has 0 rings (SSSR count). The van der Waals surface area contributed by atoms with E-state index in [1.807, 2.05) is 36.5 Å². The van der Waals surface area contributed by atoms with Crippen LogP contribution < -0.4 is 0 Å². The molecule has 0 fully saturated rings. The zero-order valence-electron chi connectivity index (χ0n) is 44.8. The quantitative estimate of drug-likeness (QED) is 0.0197. The van der Waals surface area contributed by atoms with E-state index in [-0.39, 0.29) is 25.9 Å². The van der Waals surface area contributed by atoms with Gasteiger partial charge in [0, 0.05) is 6.42 Å². The summed E-state index contributed by atoms with van der Waals surface area (Å²) in [6, 6.07) is 0. The second-order valence-electron chi connectivity index (χ2n) is 17.7. The molecule has 0 aliphatic rings. The van der Waals surface area contributed by atoms with Gasteiger partial charge in [-0.2, -0.15) is 0 Å². The lowest BCUT2D eigenvalue weighted by atomic mass is 10.0. The molecule has 12 heteroatoms. The van der Waals surface area contributed by atoms with Crippen LogP contribution in [0.2, 0.25) is 0 Å². The number of aliphatic hydroxyl groups excluding tert-OH is 1. The first-order chi connectivity index (χ1) is 35.2. The summed E-state index contributed by atoms with van der Waals surface area (Å²) in [6.45, 7) is 4.18. The van der Waals surface area contributed by atoms with Crippen molar-refractivity contribution in [3.8, 4) is 0 Å². The number of phosphoric acid groups is 1. The van der Waals surface area contributed by atoms with Crippen LogP contribution in [0.3, 0.4) is 0 Å². The Morgan fingerprint density at radius 2 is 0.708 bits per heavy atom. The fourth-order valence-electron chi connectivity index (χ4n) is 6.86. The molecule has 11 nitrogen and oxygen atoms in total. The predicted molar refractivity (Wildman–Crippen MR) is 297 cm³/mol. The summed E-state index contributed by atoms with van der Waals surface area (Å²) in [5.41, 5.74) is 0. The standard InChI is InChI=1S/C60H97O11P/c1-4-7-10-13-16-19-22-25-28-31-34-37-40-43-46-49-58(62)67-53-57(71-60(64)51-48-45-42-39-36-33-30-27-24-21-18-15-12-9-6-3)55-69-72(65,66)68-54-56(52-61)70-59(63)50-47-44-41-38-35-32-29-26-23-20-17-14-11-8-5-2/h8-9,11-12,17-18,20-21,26-27,29-30,35-36,38-39,44-45,47-48,56-57,61H,4-7,10,13-16,19,22-25,28,31-34,37,40-43,46,49-55H2,1-3H3,(H,65,66)/b11-8-,12-9-,20-17-,21-18-,29-26-,30-27-,38-35-,39-36-,47-44-,48-45-. The molecule has 0 aromatic rings. The molecule has 0 aromatic carbocycles. The number of phosphoric ester groups is 1. The molecule has 0 spiro atoms. The monoisotopic (exact) mass is 1020 g/mol. The van der Waals surface area contributed by atoms with E-state index in [1.54, 1.807) is 12.2 Å². The Morgan fingerprint density at radius 3 is 1.06 bits per heavy atom. The van der Waals surface area contributed by atoms with Gasteiger partial charge in [-0.3, -0.25) is 23.4 Å². The smallest absolute Gasteiger partial charge is 0.462 e. The first-order valence-electron chi connectivity index (χ1n) is 27.4. The fraction of sp³-hybridized carbons (Fsp3) is 0.617. The predicted octanol–water partition coefficient (Wildman–Crippen LogP) is 16.0. The zero-order valence-corrected chi connectivity index (χ0v) is 45.7. The maximum Gasteiger partial charge on any atom is 0.472 e. The molecule has 0 radical (unpaired) electrons. The number of aliphatic hydroxyl groups is 1. The second-order valence-corrected chi connectivity index (χ2v) is 19.1. The third kappa shape index (κ3) is 50.8. The van der Waals surface area contributed by atoms with Gasteiger partial charge in [-0.05, 0) is 70.6 Å². The molecule has 0 heterocycles. The second kappa shape index (κ2) is 53.2. The van der Waals surface area contributed by atoms with Gasteiger partial charge in [0.25, 0.3) is 0 Å². The van der Waals surface area contributed by atoms with Gasteiger partial charge in [0.05, 0.1) is 32.7 Å². The maximum absolute atomic E-state index is 12.9. The van der Waals surface area contributed by atoms with Crippen LogP contribution in [0, 0.1) is 0 Å². The van der Waals surface area contributed by atoms with E-state index in [2.05, 4.69) is 93.7 Å². The number of esters is 3. The molecule has 3 atom stereocenters. The minimum Gasteiger partial charge on any atom is -0.462 e. The van der Waals surface area contributed by atoms with Crippen molar-refractivity contribution < 1.29 is 52.2 Å². The van der Waals surface area contributed by atoms with Crippen molar-refractivity contribution in [2.24, 2.45) is 0 Å². The van der Waals surface area contributed by atoms with E-state index in [0.29, 0.717) is 19.3 Å². The highest BCUT2D eigenvalue weighted by Gasteiger charge is 2.28. The number of carbonyl (C=O) groups is 3. The summed E-state index contributed by atoms with van der Waals surface area (Å²) >= 11 is 0. The van der Waals surface area contributed by atoms with Crippen molar-refractivity contribution in [3.05, 3.63) is 122 Å². The zero-order chi connectivity index (χ0) is 52.7. The molecule has 0 aliphatic carbocycles. The molecule has 3 unspecified atom stereocenters. The number of allylic oxidation sites excluding steroid dienone is 18. The highest BCUT2D eigenvalue weighted by Crippen LogP contribution is 2.43. The molecule has 0 aromatic heterocycles. The molecule has 0 saturated carbocycles.